The average Bonchev–Trinajstić information content (AvgIpc) is 2.99. The Morgan fingerprint density at radius 1 is 1.43 bits per heavy atom. The molecule has 0 amide bonds. The van der Waals surface area contributed by atoms with Crippen molar-refractivity contribution in [2.75, 3.05) is 6.61 Å². The lowest BCUT2D eigenvalue weighted by Gasteiger charge is -2.16. The van der Waals surface area contributed by atoms with Crippen molar-refractivity contribution in [3.8, 4) is 17.0 Å². The molecule has 0 spiro atoms. The van der Waals surface area contributed by atoms with Crippen molar-refractivity contribution in [1.82, 2.24) is 15.0 Å². The Hall–Kier alpha value is -1.92. The van der Waals surface area contributed by atoms with Crippen molar-refractivity contribution < 1.29 is 14.9 Å². The summed E-state index contributed by atoms with van der Waals surface area (Å²) in [6.07, 6.45) is 1.81. The molecule has 1 aromatic carbocycles. The molecule has 1 aliphatic heterocycles. The van der Waals surface area contributed by atoms with Gasteiger partial charge in [0.1, 0.15) is 17.0 Å². The SMILES string of the molecule is CC1(C)Cc2cc(-c3cn(CC(O)CO)nn3)ccc2O1. The van der Waals surface area contributed by atoms with Crippen molar-refractivity contribution in [1.29, 1.82) is 0 Å². The Labute approximate surface area is 123 Å². The standard InChI is InChI=1S/C15H19N3O3/c1-15(2)6-11-5-10(3-4-14(11)21-15)13-8-18(17-16-13)7-12(20)9-19/h3-5,8,12,19-20H,6-7,9H2,1-2H3. The second kappa shape index (κ2) is 5.13. The summed E-state index contributed by atoms with van der Waals surface area (Å²) < 4.78 is 7.39. The number of fused-ring (bicyclic) bond motifs is 1. The summed E-state index contributed by atoms with van der Waals surface area (Å²) in [5.41, 5.74) is 2.72. The van der Waals surface area contributed by atoms with Crippen LogP contribution in [0.4, 0.5) is 0 Å². The Morgan fingerprint density at radius 2 is 2.24 bits per heavy atom. The maximum Gasteiger partial charge on any atom is 0.123 e. The number of benzene rings is 1. The highest BCUT2D eigenvalue weighted by molar-refractivity contribution is 5.62. The van der Waals surface area contributed by atoms with Gasteiger partial charge in [0.15, 0.2) is 0 Å². The van der Waals surface area contributed by atoms with E-state index in [1.807, 2.05) is 12.1 Å². The molecule has 1 aromatic heterocycles. The van der Waals surface area contributed by atoms with Gasteiger partial charge in [-0.1, -0.05) is 5.21 Å². The van der Waals surface area contributed by atoms with Gasteiger partial charge in [0.2, 0.25) is 0 Å². The third-order valence-corrected chi connectivity index (χ3v) is 3.51. The van der Waals surface area contributed by atoms with Crippen molar-refractivity contribution >= 4 is 0 Å². The number of aliphatic hydroxyl groups is 2. The Morgan fingerprint density at radius 3 is 3.00 bits per heavy atom. The van der Waals surface area contributed by atoms with Gasteiger partial charge < -0.3 is 14.9 Å². The molecular weight excluding hydrogens is 270 g/mol. The molecular formula is C15H19N3O3. The van der Waals surface area contributed by atoms with Crippen LogP contribution in [0.3, 0.4) is 0 Å². The summed E-state index contributed by atoms with van der Waals surface area (Å²) in [5, 5.41) is 26.4. The molecule has 3 rings (SSSR count). The van der Waals surface area contributed by atoms with Gasteiger partial charge in [-0.25, -0.2) is 4.68 Å². The minimum atomic E-state index is -0.825. The van der Waals surface area contributed by atoms with Crippen LogP contribution in [0.2, 0.25) is 0 Å². The summed E-state index contributed by atoms with van der Waals surface area (Å²) in [7, 11) is 0. The molecule has 2 heterocycles. The van der Waals surface area contributed by atoms with E-state index in [1.54, 1.807) is 6.20 Å². The van der Waals surface area contributed by atoms with E-state index < -0.39 is 6.10 Å². The molecule has 0 fully saturated rings. The van der Waals surface area contributed by atoms with Crippen LogP contribution < -0.4 is 4.74 Å². The summed E-state index contributed by atoms with van der Waals surface area (Å²) in [4.78, 5) is 0. The van der Waals surface area contributed by atoms with Gasteiger partial charge in [-0.05, 0) is 37.6 Å². The number of aliphatic hydroxyl groups excluding tert-OH is 2. The number of hydrogen-bond acceptors (Lipinski definition) is 5. The van der Waals surface area contributed by atoms with Gasteiger partial charge in [-0.3, -0.25) is 0 Å². The van der Waals surface area contributed by atoms with E-state index in [4.69, 9.17) is 9.84 Å². The lowest BCUT2D eigenvalue weighted by Crippen LogP contribution is -2.24. The largest absolute Gasteiger partial charge is 0.487 e. The first kappa shape index (κ1) is 14.0. The van der Waals surface area contributed by atoms with Crippen molar-refractivity contribution in [3.05, 3.63) is 30.0 Å². The Balaban J connectivity index is 1.83. The van der Waals surface area contributed by atoms with Gasteiger partial charge in [-0.15, -0.1) is 5.10 Å². The number of hydrogen-bond donors (Lipinski definition) is 2. The van der Waals surface area contributed by atoms with Crippen LogP contribution in [0.25, 0.3) is 11.3 Å². The molecule has 6 heteroatoms. The van der Waals surface area contributed by atoms with Crippen LogP contribution in [-0.2, 0) is 13.0 Å². The van der Waals surface area contributed by atoms with Crippen LogP contribution in [0.5, 0.6) is 5.75 Å². The molecule has 112 valence electrons. The number of rotatable bonds is 4. The van der Waals surface area contributed by atoms with E-state index in [2.05, 4.69) is 30.2 Å². The molecule has 21 heavy (non-hydrogen) atoms. The molecule has 0 aliphatic carbocycles. The summed E-state index contributed by atoms with van der Waals surface area (Å²) >= 11 is 0. The normalized spacial score (nSPS) is 17.3. The molecule has 0 radical (unpaired) electrons. The van der Waals surface area contributed by atoms with Crippen LogP contribution in [-0.4, -0.2) is 43.5 Å². The van der Waals surface area contributed by atoms with Crippen LogP contribution in [0, 0.1) is 0 Å². The first-order valence-corrected chi connectivity index (χ1v) is 6.98. The molecule has 0 saturated heterocycles. The fourth-order valence-electron chi connectivity index (χ4n) is 2.56. The molecule has 1 atom stereocenters. The highest BCUT2D eigenvalue weighted by Crippen LogP contribution is 2.36. The minimum absolute atomic E-state index is 0.163. The van der Waals surface area contributed by atoms with E-state index >= 15 is 0 Å². The van der Waals surface area contributed by atoms with E-state index in [0.29, 0.717) is 0 Å². The van der Waals surface area contributed by atoms with Crippen LogP contribution in [0.1, 0.15) is 19.4 Å². The van der Waals surface area contributed by atoms with Gasteiger partial charge in [0.05, 0.1) is 25.5 Å². The van der Waals surface area contributed by atoms with Crippen molar-refractivity contribution in [3.63, 3.8) is 0 Å². The van der Waals surface area contributed by atoms with Crippen molar-refractivity contribution in [2.45, 2.75) is 38.5 Å². The highest BCUT2D eigenvalue weighted by Gasteiger charge is 2.30. The fraction of sp³-hybridized carbons (Fsp3) is 0.467. The molecule has 1 aliphatic rings. The third-order valence-electron chi connectivity index (χ3n) is 3.51. The molecule has 2 N–H and O–H groups in total. The average molecular weight is 289 g/mol. The first-order valence-electron chi connectivity index (χ1n) is 6.98. The van der Waals surface area contributed by atoms with E-state index in [-0.39, 0.29) is 18.8 Å². The lowest BCUT2D eigenvalue weighted by molar-refractivity contribution is 0.0778. The van der Waals surface area contributed by atoms with Gasteiger partial charge in [0, 0.05) is 12.0 Å². The van der Waals surface area contributed by atoms with Crippen molar-refractivity contribution in [2.24, 2.45) is 0 Å². The number of nitrogens with zero attached hydrogens (tertiary/aromatic N) is 3. The van der Waals surface area contributed by atoms with Gasteiger partial charge >= 0.3 is 0 Å². The van der Waals surface area contributed by atoms with Crippen LogP contribution in [0.15, 0.2) is 24.4 Å². The highest BCUT2D eigenvalue weighted by atomic mass is 16.5. The first-order chi connectivity index (χ1) is 9.97. The second-order valence-corrected chi connectivity index (χ2v) is 6.02. The predicted octanol–water partition coefficient (Wildman–Crippen LogP) is 1.01. The van der Waals surface area contributed by atoms with E-state index in [1.165, 1.54) is 10.2 Å². The molecule has 6 nitrogen and oxygen atoms in total. The predicted molar refractivity (Wildman–Crippen MR) is 77.0 cm³/mol. The molecule has 1 unspecified atom stereocenters. The zero-order valence-corrected chi connectivity index (χ0v) is 12.2. The molecule has 0 bridgehead atoms. The molecule has 2 aromatic rings. The Kier molecular flexibility index (Phi) is 3.43. The second-order valence-electron chi connectivity index (χ2n) is 6.02. The quantitative estimate of drug-likeness (QED) is 0.878. The topological polar surface area (TPSA) is 80.4 Å². The number of ether oxygens (including phenoxy) is 1. The van der Waals surface area contributed by atoms with Gasteiger partial charge in [0.25, 0.3) is 0 Å². The third kappa shape index (κ3) is 2.91. The monoisotopic (exact) mass is 289 g/mol. The smallest absolute Gasteiger partial charge is 0.123 e. The summed E-state index contributed by atoms with van der Waals surface area (Å²) in [6, 6.07) is 5.99. The van der Waals surface area contributed by atoms with Crippen LogP contribution >= 0.6 is 0 Å². The summed E-state index contributed by atoms with van der Waals surface area (Å²) in [5.74, 6) is 0.923. The number of aromatic nitrogens is 3. The molecule has 0 saturated carbocycles. The maximum absolute atomic E-state index is 9.42. The fourth-order valence-corrected chi connectivity index (χ4v) is 2.56. The zero-order valence-electron chi connectivity index (χ0n) is 12.2. The van der Waals surface area contributed by atoms with E-state index in [9.17, 15) is 5.11 Å². The Bertz CT molecular complexity index is 651. The minimum Gasteiger partial charge on any atom is -0.487 e. The summed E-state index contributed by atoms with van der Waals surface area (Å²) in [6.45, 7) is 4.07. The van der Waals surface area contributed by atoms with E-state index in [0.717, 1.165) is 23.4 Å². The van der Waals surface area contributed by atoms with Gasteiger partial charge in [-0.2, -0.15) is 0 Å². The lowest BCUT2D eigenvalue weighted by atomic mass is 9.99. The maximum atomic E-state index is 9.42. The zero-order chi connectivity index (χ0) is 15.0.